The number of nitrogens with zero attached hydrogens (tertiary/aromatic N) is 6. The maximum absolute atomic E-state index is 14.2. The van der Waals surface area contributed by atoms with E-state index in [1.165, 1.54) is 18.2 Å². The second-order valence-corrected chi connectivity index (χ2v) is 7.78. The van der Waals surface area contributed by atoms with Gasteiger partial charge in [-0.3, -0.25) is 9.20 Å². The Balaban J connectivity index is 1.37. The molecule has 0 aliphatic carbocycles. The van der Waals surface area contributed by atoms with E-state index in [2.05, 4.69) is 20.1 Å². The Hall–Kier alpha value is -3.88. The molecular formula is C23H20F2N6O. The number of carbonyl (C=O) groups excluding carboxylic acids is 1. The summed E-state index contributed by atoms with van der Waals surface area (Å²) in [6.45, 7) is 3.56. The van der Waals surface area contributed by atoms with E-state index < -0.39 is 11.6 Å². The zero-order valence-electron chi connectivity index (χ0n) is 17.3. The van der Waals surface area contributed by atoms with Crippen molar-refractivity contribution in [2.24, 2.45) is 0 Å². The third kappa shape index (κ3) is 3.45. The highest BCUT2D eigenvalue weighted by molar-refractivity contribution is 5.95. The molecule has 0 N–H and O–H groups in total. The molecule has 1 amide bonds. The molecule has 1 aliphatic heterocycles. The van der Waals surface area contributed by atoms with Crippen molar-refractivity contribution >= 4 is 17.4 Å². The van der Waals surface area contributed by atoms with Crippen LogP contribution in [0, 0.1) is 11.6 Å². The van der Waals surface area contributed by atoms with Crippen LogP contribution >= 0.6 is 0 Å². The molecule has 1 fully saturated rings. The number of piperazine rings is 1. The van der Waals surface area contributed by atoms with Gasteiger partial charge in [0.05, 0.1) is 5.56 Å². The predicted molar refractivity (Wildman–Crippen MR) is 115 cm³/mol. The van der Waals surface area contributed by atoms with Crippen LogP contribution in [0.1, 0.15) is 17.3 Å². The summed E-state index contributed by atoms with van der Waals surface area (Å²) in [4.78, 5) is 21.5. The van der Waals surface area contributed by atoms with Crippen molar-refractivity contribution < 1.29 is 13.6 Å². The average Bonchev–Trinajstić information content (AvgIpc) is 3.28. The molecule has 3 heterocycles. The summed E-state index contributed by atoms with van der Waals surface area (Å²) in [5.41, 5.74) is 1.26. The maximum Gasteiger partial charge on any atom is 0.254 e. The van der Waals surface area contributed by atoms with Crippen molar-refractivity contribution in [1.82, 2.24) is 24.5 Å². The summed E-state index contributed by atoms with van der Waals surface area (Å²) in [6.07, 6.45) is 5.11. The SMILES string of the molecule is CC1CN(C(=O)c2cccc(-c3c(F)cccc3F)c2)CCN1c1nccn2cnnc12. The number of hydrogen-bond donors (Lipinski definition) is 0. The first kappa shape index (κ1) is 20.0. The lowest BCUT2D eigenvalue weighted by Crippen LogP contribution is -2.54. The lowest BCUT2D eigenvalue weighted by Gasteiger charge is -2.40. The number of hydrogen-bond acceptors (Lipinski definition) is 5. The van der Waals surface area contributed by atoms with Gasteiger partial charge in [-0.05, 0) is 36.8 Å². The molecule has 32 heavy (non-hydrogen) atoms. The van der Waals surface area contributed by atoms with Crippen LogP contribution in [0.4, 0.5) is 14.6 Å². The molecule has 0 spiro atoms. The lowest BCUT2D eigenvalue weighted by molar-refractivity contribution is 0.0726. The van der Waals surface area contributed by atoms with Crippen LogP contribution < -0.4 is 4.90 Å². The van der Waals surface area contributed by atoms with Gasteiger partial charge in [-0.15, -0.1) is 10.2 Å². The summed E-state index contributed by atoms with van der Waals surface area (Å²) in [6, 6.07) is 10.2. The van der Waals surface area contributed by atoms with Gasteiger partial charge in [0.25, 0.3) is 5.91 Å². The van der Waals surface area contributed by atoms with E-state index >= 15 is 0 Å². The molecular weight excluding hydrogens is 414 g/mol. The van der Waals surface area contributed by atoms with Crippen LogP contribution in [-0.2, 0) is 0 Å². The van der Waals surface area contributed by atoms with E-state index in [9.17, 15) is 13.6 Å². The summed E-state index contributed by atoms with van der Waals surface area (Å²) in [7, 11) is 0. The number of fused-ring (bicyclic) bond motifs is 1. The minimum Gasteiger partial charge on any atom is -0.347 e. The molecule has 1 unspecified atom stereocenters. The van der Waals surface area contributed by atoms with Crippen molar-refractivity contribution in [2.75, 3.05) is 24.5 Å². The lowest BCUT2D eigenvalue weighted by atomic mass is 10.0. The molecule has 0 bridgehead atoms. The highest BCUT2D eigenvalue weighted by Gasteiger charge is 2.30. The monoisotopic (exact) mass is 434 g/mol. The molecule has 5 rings (SSSR count). The number of halogens is 2. The van der Waals surface area contributed by atoms with Gasteiger partial charge in [0.2, 0.25) is 5.65 Å². The summed E-state index contributed by atoms with van der Waals surface area (Å²) in [5.74, 6) is -0.774. The fraction of sp³-hybridized carbons (Fsp3) is 0.217. The highest BCUT2D eigenvalue weighted by Crippen LogP contribution is 2.28. The summed E-state index contributed by atoms with van der Waals surface area (Å²) in [5, 5.41) is 8.09. The number of carbonyl (C=O) groups is 1. The Morgan fingerprint density at radius 2 is 1.88 bits per heavy atom. The fourth-order valence-corrected chi connectivity index (χ4v) is 4.17. The predicted octanol–water partition coefficient (Wildman–Crippen LogP) is 3.42. The highest BCUT2D eigenvalue weighted by atomic mass is 19.1. The van der Waals surface area contributed by atoms with Crippen molar-refractivity contribution in [3.8, 4) is 11.1 Å². The summed E-state index contributed by atoms with van der Waals surface area (Å²) < 4.78 is 30.2. The van der Waals surface area contributed by atoms with Crippen LogP contribution in [0.25, 0.3) is 16.8 Å². The van der Waals surface area contributed by atoms with Crippen molar-refractivity contribution in [3.63, 3.8) is 0 Å². The zero-order valence-corrected chi connectivity index (χ0v) is 17.3. The molecule has 1 aliphatic rings. The third-order valence-corrected chi connectivity index (χ3v) is 5.74. The van der Waals surface area contributed by atoms with E-state index in [1.54, 1.807) is 52.3 Å². The van der Waals surface area contributed by atoms with Gasteiger partial charge in [-0.1, -0.05) is 18.2 Å². The zero-order chi connectivity index (χ0) is 22.2. The molecule has 1 atom stereocenters. The Morgan fingerprint density at radius 3 is 2.66 bits per heavy atom. The van der Waals surface area contributed by atoms with Crippen molar-refractivity contribution in [2.45, 2.75) is 13.0 Å². The molecule has 2 aromatic heterocycles. The first-order chi connectivity index (χ1) is 15.5. The van der Waals surface area contributed by atoms with Gasteiger partial charge in [-0.25, -0.2) is 13.8 Å². The van der Waals surface area contributed by atoms with E-state index in [-0.39, 0.29) is 17.5 Å². The standard InChI is InChI=1S/C23H20F2N6O/c1-15-13-29(10-11-31(15)21-22-28-27-14-30(22)9-8-26-21)23(32)17-5-2-4-16(12-17)20-18(24)6-3-7-19(20)25/h2-9,12,14-15H,10-11,13H2,1H3. The first-order valence-corrected chi connectivity index (χ1v) is 10.3. The first-order valence-electron chi connectivity index (χ1n) is 10.3. The Morgan fingerprint density at radius 1 is 1.09 bits per heavy atom. The van der Waals surface area contributed by atoms with Gasteiger partial charge in [-0.2, -0.15) is 0 Å². The molecule has 0 saturated carbocycles. The molecule has 2 aromatic carbocycles. The van der Waals surface area contributed by atoms with Gasteiger partial charge in [0.15, 0.2) is 5.82 Å². The largest absolute Gasteiger partial charge is 0.347 e. The van der Waals surface area contributed by atoms with E-state index in [0.717, 1.165) is 5.82 Å². The van der Waals surface area contributed by atoms with Gasteiger partial charge < -0.3 is 9.80 Å². The average molecular weight is 434 g/mol. The maximum atomic E-state index is 14.2. The van der Waals surface area contributed by atoms with Crippen molar-refractivity contribution in [1.29, 1.82) is 0 Å². The van der Waals surface area contributed by atoms with E-state index in [0.29, 0.717) is 36.4 Å². The van der Waals surface area contributed by atoms with Crippen LogP contribution in [0.2, 0.25) is 0 Å². The van der Waals surface area contributed by atoms with Crippen molar-refractivity contribution in [3.05, 3.63) is 78.4 Å². The second-order valence-electron chi connectivity index (χ2n) is 7.78. The van der Waals surface area contributed by atoms with Gasteiger partial charge >= 0.3 is 0 Å². The van der Waals surface area contributed by atoms with E-state index in [1.807, 2.05) is 6.92 Å². The minimum atomic E-state index is -0.660. The molecule has 1 saturated heterocycles. The molecule has 162 valence electrons. The van der Waals surface area contributed by atoms with Crippen LogP contribution in [0.15, 0.2) is 61.2 Å². The normalized spacial score (nSPS) is 16.5. The van der Waals surface area contributed by atoms with Crippen LogP contribution in [0.3, 0.4) is 0 Å². The number of benzene rings is 2. The number of amides is 1. The third-order valence-electron chi connectivity index (χ3n) is 5.74. The molecule has 4 aromatic rings. The van der Waals surface area contributed by atoms with Gasteiger partial charge in [0, 0.05) is 43.6 Å². The summed E-state index contributed by atoms with van der Waals surface area (Å²) >= 11 is 0. The molecule has 7 nitrogen and oxygen atoms in total. The van der Waals surface area contributed by atoms with E-state index in [4.69, 9.17) is 0 Å². The molecule has 0 radical (unpaired) electrons. The Labute approximate surface area is 182 Å². The Bertz CT molecular complexity index is 1290. The second kappa shape index (κ2) is 7.99. The topological polar surface area (TPSA) is 66.6 Å². The molecule has 9 heteroatoms. The number of rotatable bonds is 3. The number of anilines is 1. The van der Waals surface area contributed by atoms with Crippen LogP contribution in [0.5, 0.6) is 0 Å². The van der Waals surface area contributed by atoms with Crippen LogP contribution in [-0.4, -0.2) is 56.1 Å². The Kier molecular flexibility index (Phi) is 5.01. The fourth-order valence-electron chi connectivity index (χ4n) is 4.17. The number of aromatic nitrogens is 4. The smallest absolute Gasteiger partial charge is 0.254 e. The quantitative estimate of drug-likeness (QED) is 0.494. The minimum absolute atomic E-state index is 0.00436. The van der Waals surface area contributed by atoms with Gasteiger partial charge in [0.1, 0.15) is 18.0 Å².